The van der Waals surface area contributed by atoms with Crippen molar-refractivity contribution in [1.82, 2.24) is 0 Å². The molecule has 0 aromatic carbocycles. The Morgan fingerprint density at radius 3 is 3.00 bits per heavy atom. The molecule has 1 fully saturated rings. The fraction of sp³-hybridized carbons (Fsp3) is 0.818. The van der Waals surface area contributed by atoms with Crippen LogP contribution in [0.4, 0.5) is 0 Å². The SMILES string of the molecule is CC1CCC2CCC=CC2C1. The van der Waals surface area contributed by atoms with Crippen LogP contribution in [0.2, 0.25) is 0 Å². The van der Waals surface area contributed by atoms with E-state index in [2.05, 4.69) is 19.1 Å². The van der Waals surface area contributed by atoms with Crippen LogP contribution in [0.25, 0.3) is 0 Å². The van der Waals surface area contributed by atoms with E-state index in [-0.39, 0.29) is 0 Å². The summed E-state index contributed by atoms with van der Waals surface area (Å²) in [6.07, 6.45) is 12.1. The summed E-state index contributed by atoms with van der Waals surface area (Å²) in [5.74, 6) is 2.99. The summed E-state index contributed by atoms with van der Waals surface area (Å²) in [6.45, 7) is 2.40. The van der Waals surface area contributed by atoms with Crippen molar-refractivity contribution < 1.29 is 0 Å². The fourth-order valence-corrected chi connectivity index (χ4v) is 2.66. The molecule has 0 nitrogen and oxygen atoms in total. The van der Waals surface area contributed by atoms with Crippen LogP contribution in [0, 0.1) is 17.8 Å². The minimum atomic E-state index is 0.951. The third-order valence-corrected chi connectivity index (χ3v) is 3.40. The molecule has 3 atom stereocenters. The van der Waals surface area contributed by atoms with E-state index in [1.165, 1.54) is 32.1 Å². The molecule has 0 N–H and O–H groups in total. The monoisotopic (exact) mass is 150 g/mol. The number of rotatable bonds is 0. The molecule has 3 unspecified atom stereocenters. The zero-order chi connectivity index (χ0) is 7.68. The Balaban J connectivity index is 2.03. The van der Waals surface area contributed by atoms with Crippen molar-refractivity contribution in [2.75, 3.05) is 0 Å². The van der Waals surface area contributed by atoms with Gasteiger partial charge in [-0.05, 0) is 43.4 Å². The average molecular weight is 150 g/mol. The zero-order valence-corrected chi connectivity index (χ0v) is 7.42. The van der Waals surface area contributed by atoms with Gasteiger partial charge in [0.15, 0.2) is 0 Å². The van der Waals surface area contributed by atoms with Gasteiger partial charge in [0.25, 0.3) is 0 Å². The maximum Gasteiger partial charge on any atom is -0.0202 e. The lowest BCUT2D eigenvalue weighted by Crippen LogP contribution is -2.23. The van der Waals surface area contributed by atoms with Crippen molar-refractivity contribution in [2.45, 2.75) is 39.0 Å². The molecule has 0 heterocycles. The molecule has 2 rings (SSSR count). The Labute approximate surface area is 69.7 Å². The third kappa shape index (κ3) is 1.50. The number of allylic oxidation sites excluding steroid dienone is 2. The highest BCUT2D eigenvalue weighted by Crippen LogP contribution is 2.39. The van der Waals surface area contributed by atoms with E-state index in [0.29, 0.717) is 0 Å². The Morgan fingerprint density at radius 1 is 1.18 bits per heavy atom. The Hall–Kier alpha value is -0.260. The van der Waals surface area contributed by atoms with E-state index >= 15 is 0 Å². The first-order valence-electron chi connectivity index (χ1n) is 5.03. The molecule has 0 aromatic rings. The first-order chi connectivity index (χ1) is 5.36. The minimum Gasteiger partial charge on any atom is -0.0882 e. The first kappa shape index (κ1) is 7.39. The van der Waals surface area contributed by atoms with Gasteiger partial charge < -0.3 is 0 Å². The van der Waals surface area contributed by atoms with Crippen LogP contribution < -0.4 is 0 Å². The molecule has 0 bridgehead atoms. The van der Waals surface area contributed by atoms with Gasteiger partial charge in [0.05, 0.1) is 0 Å². The van der Waals surface area contributed by atoms with Gasteiger partial charge in [-0.25, -0.2) is 0 Å². The van der Waals surface area contributed by atoms with Gasteiger partial charge in [0, 0.05) is 0 Å². The van der Waals surface area contributed by atoms with Crippen molar-refractivity contribution >= 4 is 0 Å². The molecule has 1 saturated carbocycles. The molecular formula is C11H18. The molecule has 2 aliphatic carbocycles. The van der Waals surface area contributed by atoms with Crippen LogP contribution in [0.1, 0.15) is 39.0 Å². The molecular weight excluding hydrogens is 132 g/mol. The molecule has 0 heteroatoms. The lowest BCUT2D eigenvalue weighted by atomic mass is 9.71. The highest BCUT2D eigenvalue weighted by molar-refractivity contribution is 4.99. The second-order valence-electron chi connectivity index (χ2n) is 4.35. The fourth-order valence-electron chi connectivity index (χ4n) is 2.66. The predicted molar refractivity (Wildman–Crippen MR) is 48.4 cm³/mol. The van der Waals surface area contributed by atoms with Crippen molar-refractivity contribution in [1.29, 1.82) is 0 Å². The molecule has 11 heavy (non-hydrogen) atoms. The first-order valence-corrected chi connectivity index (χ1v) is 5.03. The van der Waals surface area contributed by atoms with Gasteiger partial charge >= 0.3 is 0 Å². The van der Waals surface area contributed by atoms with Crippen LogP contribution in [-0.4, -0.2) is 0 Å². The van der Waals surface area contributed by atoms with E-state index in [1.54, 1.807) is 0 Å². The maximum atomic E-state index is 2.48. The van der Waals surface area contributed by atoms with Gasteiger partial charge in [-0.15, -0.1) is 0 Å². The summed E-state index contributed by atoms with van der Waals surface area (Å²) in [7, 11) is 0. The van der Waals surface area contributed by atoms with Crippen LogP contribution >= 0.6 is 0 Å². The third-order valence-electron chi connectivity index (χ3n) is 3.40. The second kappa shape index (κ2) is 3.00. The highest BCUT2D eigenvalue weighted by Gasteiger charge is 2.27. The summed E-state index contributed by atoms with van der Waals surface area (Å²) in [5, 5.41) is 0. The predicted octanol–water partition coefficient (Wildman–Crippen LogP) is 3.39. The lowest BCUT2D eigenvalue weighted by Gasteiger charge is -2.35. The molecule has 0 aliphatic heterocycles. The minimum absolute atomic E-state index is 0.951. The molecule has 2 aliphatic rings. The van der Waals surface area contributed by atoms with Crippen LogP contribution in [0.3, 0.4) is 0 Å². The van der Waals surface area contributed by atoms with Crippen LogP contribution in [0.5, 0.6) is 0 Å². The van der Waals surface area contributed by atoms with E-state index in [9.17, 15) is 0 Å². The van der Waals surface area contributed by atoms with Gasteiger partial charge in [-0.1, -0.05) is 25.5 Å². The summed E-state index contributed by atoms with van der Waals surface area (Å²) >= 11 is 0. The standard InChI is InChI=1S/C11H18/c1-9-6-7-10-4-2-3-5-11(10)8-9/h3,5,9-11H,2,4,6-8H2,1H3. The average Bonchev–Trinajstić information content (AvgIpc) is 2.04. The van der Waals surface area contributed by atoms with Gasteiger partial charge in [0.1, 0.15) is 0 Å². The van der Waals surface area contributed by atoms with E-state index in [1.807, 2.05) is 0 Å². The normalized spacial score (nSPS) is 43.5. The van der Waals surface area contributed by atoms with E-state index in [0.717, 1.165) is 17.8 Å². The molecule has 0 aromatic heterocycles. The summed E-state index contributed by atoms with van der Waals surface area (Å²) < 4.78 is 0. The molecule has 0 spiro atoms. The van der Waals surface area contributed by atoms with Gasteiger partial charge in [-0.3, -0.25) is 0 Å². The quantitative estimate of drug-likeness (QED) is 0.464. The van der Waals surface area contributed by atoms with Gasteiger partial charge in [0.2, 0.25) is 0 Å². The molecule has 0 radical (unpaired) electrons. The molecule has 62 valence electrons. The van der Waals surface area contributed by atoms with Gasteiger partial charge in [-0.2, -0.15) is 0 Å². The topological polar surface area (TPSA) is 0 Å². The number of hydrogen-bond donors (Lipinski definition) is 0. The smallest absolute Gasteiger partial charge is 0.0202 e. The van der Waals surface area contributed by atoms with E-state index in [4.69, 9.17) is 0 Å². The van der Waals surface area contributed by atoms with Crippen LogP contribution in [-0.2, 0) is 0 Å². The number of fused-ring (bicyclic) bond motifs is 1. The lowest BCUT2D eigenvalue weighted by molar-refractivity contribution is 0.210. The number of hydrogen-bond acceptors (Lipinski definition) is 0. The zero-order valence-electron chi connectivity index (χ0n) is 7.42. The van der Waals surface area contributed by atoms with Crippen molar-refractivity contribution in [3.05, 3.63) is 12.2 Å². The van der Waals surface area contributed by atoms with Crippen molar-refractivity contribution in [2.24, 2.45) is 17.8 Å². The second-order valence-corrected chi connectivity index (χ2v) is 4.35. The Bertz CT molecular complexity index is 157. The summed E-state index contributed by atoms with van der Waals surface area (Å²) in [4.78, 5) is 0. The summed E-state index contributed by atoms with van der Waals surface area (Å²) in [6, 6.07) is 0. The van der Waals surface area contributed by atoms with Crippen molar-refractivity contribution in [3.63, 3.8) is 0 Å². The van der Waals surface area contributed by atoms with Crippen LogP contribution in [0.15, 0.2) is 12.2 Å². The molecule has 0 saturated heterocycles. The van der Waals surface area contributed by atoms with E-state index < -0.39 is 0 Å². The summed E-state index contributed by atoms with van der Waals surface area (Å²) in [5.41, 5.74) is 0. The Kier molecular flexibility index (Phi) is 2.02. The molecule has 0 amide bonds. The Morgan fingerprint density at radius 2 is 2.09 bits per heavy atom. The highest BCUT2D eigenvalue weighted by atomic mass is 14.3. The maximum absolute atomic E-state index is 2.48. The largest absolute Gasteiger partial charge is 0.0882 e. The van der Waals surface area contributed by atoms with Crippen molar-refractivity contribution in [3.8, 4) is 0 Å².